The van der Waals surface area contributed by atoms with Crippen LogP contribution in [0.4, 0.5) is 5.82 Å². The lowest BCUT2D eigenvalue weighted by Crippen LogP contribution is -2.25. The lowest BCUT2D eigenvalue weighted by molar-refractivity contribution is -0.117. The van der Waals surface area contributed by atoms with Crippen molar-refractivity contribution in [3.05, 3.63) is 36.0 Å². The highest BCUT2D eigenvalue weighted by molar-refractivity contribution is 5.99. The maximum atomic E-state index is 12.1. The second kappa shape index (κ2) is 4.86. The van der Waals surface area contributed by atoms with E-state index in [1.54, 1.807) is 4.90 Å². The molecule has 0 spiro atoms. The molecule has 20 heavy (non-hydrogen) atoms. The number of rotatable bonds is 2. The number of terminal acetylenes is 1. The number of anilines is 1. The summed E-state index contributed by atoms with van der Waals surface area (Å²) in [7, 11) is 0. The Hall–Kier alpha value is -2.54. The van der Waals surface area contributed by atoms with Crippen molar-refractivity contribution in [2.24, 2.45) is 5.92 Å². The van der Waals surface area contributed by atoms with Gasteiger partial charge in [0, 0.05) is 30.1 Å². The Labute approximate surface area is 117 Å². The fourth-order valence-corrected chi connectivity index (χ4v) is 2.59. The number of aromatic nitrogens is 2. The number of aromatic amines is 1. The third-order valence-corrected chi connectivity index (χ3v) is 3.61. The second-order valence-electron chi connectivity index (χ2n) is 4.99. The zero-order valence-electron chi connectivity index (χ0n) is 11.3. The summed E-state index contributed by atoms with van der Waals surface area (Å²) in [5.74, 6) is 3.35. The summed E-state index contributed by atoms with van der Waals surface area (Å²) in [5, 5.41) is 7.28. The van der Waals surface area contributed by atoms with Gasteiger partial charge in [0.05, 0.1) is 0 Å². The minimum absolute atomic E-state index is 0.0249. The second-order valence-corrected chi connectivity index (χ2v) is 4.99. The minimum Gasteiger partial charge on any atom is -0.294 e. The lowest BCUT2D eigenvalue weighted by atomic mass is 10.1. The normalized spacial score (nSPS) is 18.3. The first kappa shape index (κ1) is 12.5. The predicted molar refractivity (Wildman–Crippen MR) is 78.1 cm³/mol. The SMILES string of the molecule is C#CC1CC(=O)N(c2n[nH]c(C)c2-c2ccccc2)C1. The maximum absolute atomic E-state index is 12.1. The van der Waals surface area contributed by atoms with Crippen molar-refractivity contribution in [3.8, 4) is 23.5 Å². The number of H-pyrrole nitrogens is 1. The molecule has 1 fully saturated rings. The number of carbonyl (C=O) groups excluding carboxylic acids is 1. The molecule has 1 saturated heterocycles. The fraction of sp³-hybridized carbons (Fsp3) is 0.250. The van der Waals surface area contributed by atoms with Crippen molar-refractivity contribution < 1.29 is 4.79 Å². The Morgan fingerprint density at radius 3 is 2.80 bits per heavy atom. The van der Waals surface area contributed by atoms with Crippen LogP contribution in [0.25, 0.3) is 11.1 Å². The monoisotopic (exact) mass is 265 g/mol. The molecule has 1 amide bonds. The number of nitrogens with one attached hydrogen (secondary N) is 1. The van der Waals surface area contributed by atoms with Crippen LogP contribution < -0.4 is 4.90 Å². The van der Waals surface area contributed by atoms with Crippen LogP contribution in [-0.4, -0.2) is 22.6 Å². The average Bonchev–Trinajstić information content (AvgIpc) is 3.02. The van der Waals surface area contributed by atoms with E-state index in [0.29, 0.717) is 18.8 Å². The number of benzene rings is 1. The summed E-state index contributed by atoms with van der Waals surface area (Å²) in [6.45, 7) is 2.50. The van der Waals surface area contributed by atoms with Gasteiger partial charge in [0.1, 0.15) is 0 Å². The Bertz CT molecular complexity index is 681. The lowest BCUT2D eigenvalue weighted by Gasteiger charge is -2.15. The van der Waals surface area contributed by atoms with Crippen LogP contribution in [0.1, 0.15) is 12.1 Å². The third kappa shape index (κ3) is 1.97. The van der Waals surface area contributed by atoms with Crippen LogP contribution in [0.3, 0.4) is 0 Å². The van der Waals surface area contributed by atoms with Crippen molar-refractivity contribution in [1.82, 2.24) is 10.2 Å². The van der Waals surface area contributed by atoms with E-state index in [9.17, 15) is 4.79 Å². The molecule has 2 heterocycles. The van der Waals surface area contributed by atoms with E-state index in [1.807, 2.05) is 37.3 Å². The van der Waals surface area contributed by atoms with Crippen LogP contribution in [0.5, 0.6) is 0 Å². The van der Waals surface area contributed by atoms with Crippen molar-refractivity contribution >= 4 is 11.7 Å². The van der Waals surface area contributed by atoms with Gasteiger partial charge in [0.25, 0.3) is 0 Å². The van der Waals surface area contributed by atoms with Crippen LogP contribution >= 0.6 is 0 Å². The molecule has 1 unspecified atom stereocenters. The largest absolute Gasteiger partial charge is 0.294 e. The molecule has 2 aromatic rings. The molecule has 1 aliphatic heterocycles. The molecule has 3 rings (SSSR count). The number of nitrogens with zero attached hydrogens (tertiary/aromatic N) is 2. The van der Waals surface area contributed by atoms with E-state index in [-0.39, 0.29) is 11.8 Å². The first-order valence-electron chi connectivity index (χ1n) is 6.57. The summed E-state index contributed by atoms with van der Waals surface area (Å²) in [6.07, 6.45) is 5.83. The summed E-state index contributed by atoms with van der Waals surface area (Å²) in [4.78, 5) is 13.8. The molecule has 1 aromatic carbocycles. The molecule has 1 aliphatic rings. The topological polar surface area (TPSA) is 49.0 Å². The van der Waals surface area contributed by atoms with E-state index in [0.717, 1.165) is 16.8 Å². The molecule has 0 radical (unpaired) electrons. The van der Waals surface area contributed by atoms with Gasteiger partial charge in [-0.3, -0.25) is 14.8 Å². The zero-order chi connectivity index (χ0) is 14.1. The maximum Gasteiger partial charge on any atom is 0.229 e. The molecule has 1 N–H and O–H groups in total. The molecule has 4 heteroatoms. The van der Waals surface area contributed by atoms with Crippen molar-refractivity contribution in [2.75, 3.05) is 11.4 Å². The Balaban J connectivity index is 2.05. The highest BCUT2D eigenvalue weighted by atomic mass is 16.2. The van der Waals surface area contributed by atoms with Crippen LogP contribution in [0.2, 0.25) is 0 Å². The van der Waals surface area contributed by atoms with E-state index < -0.39 is 0 Å². The van der Waals surface area contributed by atoms with Crippen molar-refractivity contribution in [1.29, 1.82) is 0 Å². The summed E-state index contributed by atoms with van der Waals surface area (Å²) >= 11 is 0. The molecule has 4 nitrogen and oxygen atoms in total. The molecule has 100 valence electrons. The minimum atomic E-state index is -0.0249. The standard InChI is InChI=1S/C16H15N3O/c1-3-12-9-14(20)19(10-12)16-15(11(2)17-18-16)13-7-5-4-6-8-13/h1,4-8,12H,9-10H2,2H3,(H,17,18). The van der Waals surface area contributed by atoms with Gasteiger partial charge in [0.2, 0.25) is 5.91 Å². The summed E-state index contributed by atoms with van der Waals surface area (Å²) in [5.41, 5.74) is 2.96. The van der Waals surface area contributed by atoms with Gasteiger partial charge < -0.3 is 0 Å². The zero-order valence-corrected chi connectivity index (χ0v) is 11.3. The molecule has 0 bridgehead atoms. The van der Waals surface area contributed by atoms with E-state index in [4.69, 9.17) is 6.42 Å². The molecule has 1 atom stereocenters. The van der Waals surface area contributed by atoms with Gasteiger partial charge in [-0.15, -0.1) is 12.3 Å². The average molecular weight is 265 g/mol. The van der Waals surface area contributed by atoms with Gasteiger partial charge >= 0.3 is 0 Å². The number of hydrogen-bond donors (Lipinski definition) is 1. The van der Waals surface area contributed by atoms with Gasteiger partial charge in [-0.1, -0.05) is 30.3 Å². The highest BCUT2D eigenvalue weighted by Gasteiger charge is 2.32. The van der Waals surface area contributed by atoms with Crippen LogP contribution in [0, 0.1) is 25.2 Å². The number of carbonyl (C=O) groups is 1. The smallest absolute Gasteiger partial charge is 0.229 e. The first-order chi connectivity index (χ1) is 9.70. The molecule has 1 aromatic heterocycles. The van der Waals surface area contributed by atoms with Crippen LogP contribution in [-0.2, 0) is 4.79 Å². The Kier molecular flexibility index (Phi) is 3.03. The van der Waals surface area contributed by atoms with Crippen molar-refractivity contribution in [3.63, 3.8) is 0 Å². The summed E-state index contributed by atoms with van der Waals surface area (Å²) in [6, 6.07) is 9.94. The molecule has 0 aliphatic carbocycles. The summed E-state index contributed by atoms with van der Waals surface area (Å²) < 4.78 is 0. The number of amides is 1. The van der Waals surface area contributed by atoms with Crippen LogP contribution in [0.15, 0.2) is 30.3 Å². The van der Waals surface area contributed by atoms with Gasteiger partial charge in [0.15, 0.2) is 5.82 Å². The van der Waals surface area contributed by atoms with Gasteiger partial charge in [-0.25, -0.2) is 0 Å². The predicted octanol–water partition coefficient (Wildman–Crippen LogP) is 2.37. The number of aryl methyl sites for hydroxylation is 1. The van der Waals surface area contributed by atoms with Gasteiger partial charge in [-0.05, 0) is 12.5 Å². The Morgan fingerprint density at radius 1 is 1.40 bits per heavy atom. The molecule has 0 saturated carbocycles. The Morgan fingerprint density at radius 2 is 2.15 bits per heavy atom. The molecular weight excluding hydrogens is 250 g/mol. The van der Waals surface area contributed by atoms with Crippen molar-refractivity contribution in [2.45, 2.75) is 13.3 Å². The van der Waals surface area contributed by atoms with E-state index >= 15 is 0 Å². The fourth-order valence-electron chi connectivity index (χ4n) is 2.59. The highest BCUT2D eigenvalue weighted by Crippen LogP contribution is 2.34. The first-order valence-corrected chi connectivity index (χ1v) is 6.57. The third-order valence-electron chi connectivity index (χ3n) is 3.61. The van der Waals surface area contributed by atoms with Gasteiger partial charge in [-0.2, -0.15) is 5.10 Å². The molecular formula is C16H15N3O. The van der Waals surface area contributed by atoms with E-state index in [1.165, 1.54) is 0 Å². The van der Waals surface area contributed by atoms with E-state index in [2.05, 4.69) is 16.1 Å². The number of hydrogen-bond acceptors (Lipinski definition) is 2. The quantitative estimate of drug-likeness (QED) is 0.847.